The molecule has 0 saturated heterocycles. The summed E-state index contributed by atoms with van der Waals surface area (Å²) in [4.78, 5) is 10.5. The highest BCUT2D eigenvalue weighted by Gasteiger charge is 2.12. The number of ketones is 1. The predicted molar refractivity (Wildman–Crippen MR) is 30.3 cm³/mol. The lowest BCUT2D eigenvalue weighted by Gasteiger charge is -2.04. The summed E-state index contributed by atoms with van der Waals surface area (Å²) in [5, 5.41) is 8.56. The van der Waals surface area contributed by atoms with E-state index in [0.29, 0.717) is 0 Å². The molecule has 0 radical (unpaired) electrons. The third-order valence-corrected chi connectivity index (χ3v) is 0.861. The van der Waals surface area contributed by atoms with Gasteiger partial charge in [-0.15, -0.1) is 0 Å². The summed E-state index contributed by atoms with van der Waals surface area (Å²) < 4.78 is 0. The molecule has 0 bridgehead atoms. The van der Waals surface area contributed by atoms with Crippen molar-refractivity contribution in [3.63, 3.8) is 0 Å². The largest absolute Gasteiger partial charge is 0.386 e. The SMILES string of the molecule is CC(O)C(=O)[C@H](C)N. The van der Waals surface area contributed by atoms with Gasteiger partial charge in [0.05, 0.1) is 6.04 Å². The molecule has 0 rings (SSSR count). The zero-order valence-electron chi connectivity index (χ0n) is 5.09. The molecule has 48 valence electrons. The van der Waals surface area contributed by atoms with Gasteiger partial charge in [0.2, 0.25) is 0 Å². The van der Waals surface area contributed by atoms with Crippen LogP contribution in [0.4, 0.5) is 0 Å². The molecule has 0 aliphatic heterocycles. The number of carbonyl (C=O) groups excluding carboxylic acids is 1. The summed E-state index contributed by atoms with van der Waals surface area (Å²) in [5.41, 5.74) is 5.13. The van der Waals surface area contributed by atoms with Gasteiger partial charge in [-0.2, -0.15) is 0 Å². The molecule has 0 aromatic carbocycles. The average Bonchev–Trinajstić information content (AvgIpc) is 1.64. The standard InChI is InChI=1S/C5H11NO2/c1-3(6)5(8)4(2)7/h3-4,7H,6H2,1-2H3/t3-,4?/m0/s1. The molecule has 3 N–H and O–H groups in total. The van der Waals surface area contributed by atoms with Crippen LogP contribution < -0.4 is 5.73 Å². The van der Waals surface area contributed by atoms with Crippen molar-refractivity contribution in [3.8, 4) is 0 Å². The zero-order chi connectivity index (χ0) is 6.73. The van der Waals surface area contributed by atoms with Crippen LogP contribution >= 0.6 is 0 Å². The summed E-state index contributed by atoms with van der Waals surface area (Å²) in [5.74, 6) is -0.315. The highest BCUT2D eigenvalue weighted by Crippen LogP contribution is 1.86. The Balaban J connectivity index is 3.65. The van der Waals surface area contributed by atoms with Gasteiger partial charge in [0, 0.05) is 0 Å². The summed E-state index contributed by atoms with van der Waals surface area (Å²) in [7, 11) is 0. The van der Waals surface area contributed by atoms with Crippen molar-refractivity contribution in [1.29, 1.82) is 0 Å². The Morgan fingerprint density at radius 1 is 1.62 bits per heavy atom. The third-order valence-electron chi connectivity index (χ3n) is 0.861. The minimum Gasteiger partial charge on any atom is -0.386 e. The number of Topliss-reactive ketones (excluding diaryl/α,β-unsaturated/α-hetero) is 1. The Labute approximate surface area is 48.5 Å². The molecule has 2 atom stereocenters. The van der Waals surface area contributed by atoms with Gasteiger partial charge in [-0.3, -0.25) is 4.79 Å². The van der Waals surface area contributed by atoms with Gasteiger partial charge < -0.3 is 10.8 Å². The number of hydrogen-bond acceptors (Lipinski definition) is 3. The average molecular weight is 117 g/mol. The highest BCUT2D eigenvalue weighted by molar-refractivity contribution is 5.86. The van der Waals surface area contributed by atoms with Crippen molar-refractivity contribution in [2.24, 2.45) is 5.73 Å². The number of aliphatic hydroxyl groups is 1. The van der Waals surface area contributed by atoms with Gasteiger partial charge in [-0.05, 0) is 13.8 Å². The fourth-order valence-electron chi connectivity index (χ4n) is 0.380. The van der Waals surface area contributed by atoms with E-state index in [1.165, 1.54) is 6.92 Å². The first-order chi connectivity index (χ1) is 3.55. The topological polar surface area (TPSA) is 63.3 Å². The van der Waals surface area contributed by atoms with Crippen LogP contribution in [0.3, 0.4) is 0 Å². The second kappa shape index (κ2) is 2.79. The van der Waals surface area contributed by atoms with E-state index in [-0.39, 0.29) is 5.78 Å². The van der Waals surface area contributed by atoms with Crippen molar-refractivity contribution in [2.45, 2.75) is 26.0 Å². The minimum atomic E-state index is -0.921. The van der Waals surface area contributed by atoms with Crippen LogP contribution in [-0.2, 0) is 4.79 Å². The first-order valence-electron chi connectivity index (χ1n) is 2.53. The van der Waals surface area contributed by atoms with E-state index in [9.17, 15) is 4.79 Å². The third kappa shape index (κ3) is 2.04. The lowest BCUT2D eigenvalue weighted by molar-refractivity contribution is -0.127. The number of carbonyl (C=O) groups is 1. The molecule has 0 aromatic rings. The minimum absolute atomic E-state index is 0.315. The summed E-state index contributed by atoms with van der Waals surface area (Å²) in [6.45, 7) is 2.96. The van der Waals surface area contributed by atoms with Gasteiger partial charge in [-0.1, -0.05) is 0 Å². The fourth-order valence-corrected chi connectivity index (χ4v) is 0.380. The van der Waals surface area contributed by atoms with Crippen LogP contribution in [0.2, 0.25) is 0 Å². The van der Waals surface area contributed by atoms with Gasteiger partial charge >= 0.3 is 0 Å². The fraction of sp³-hybridized carbons (Fsp3) is 0.800. The molecule has 8 heavy (non-hydrogen) atoms. The Kier molecular flexibility index (Phi) is 2.65. The molecule has 0 heterocycles. The summed E-state index contributed by atoms with van der Waals surface area (Å²) in [6, 6.07) is -0.546. The lowest BCUT2D eigenvalue weighted by atomic mass is 10.1. The molecule has 1 unspecified atom stereocenters. The molecular formula is C5H11NO2. The van der Waals surface area contributed by atoms with Crippen LogP contribution in [0, 0.1) is 0 Å². The molecular weight excluding hydrogens is 106 g/mol. The summed E-state index contributed by atoms with van der Waals surface area (Å²) in [6.07, 6.45) is -0.921. The number of rotatable bonds is 2. The molecule has 0 fully saturated rings. The Morgan fingerprint density at radius 2 is 2.00 bits per heavy atom. The predicted octanol–water partition coefficient (Wildman–Crippen LogP) is -0.717. The van der Waals surface area contributed by atoms with Crippen LogP contribution in [0.1, 0.15) is 13.8 Å². The molecule has 0 saturated carbocycles. The molecule has 3 heteroatoms. The van der Waals surface area contributed by atoms with Gasteiger partial charge in [-0.25, -0.2) is 0 Å². The van der Waals surface area contributed by atoms with Gasteiger partial charge in [0.15, 0.2) is 5.78 Å². The molecule has 0 aliphatic carbocycles. The number of nitrogens with two attached hydrogens (primary N) is 1. The van der Waals surface area contributed by atoms with Crippen LogP contribution in [-0.4, -0.2) is 23.0 Å². The van der Waals surface area contributed by atoms with E-state index in [2.05, 4.69) is 0 Å². The molecule has 0 spiro atoms. The van der Waals surface area contributed by atoms with Crippen LogP contribution in [0.15, 0.2) is 0 Å². The monoisotopic (exact) mass is 117 g/mol. The van der Waals surface area contributed by atoms with Gasteiger partial charge in [0.1, 0.15) is 6.10 Å². The Morgan fingerprint density at radius 3 is 2.00 bits per heavy atom. The zero-order valence-corrected chi connectivity index (χ0v) is 5.09. The number of hydrogen-bond donors (Lipinski definition) is 2. The second-order valence-electron chi connectivity index (χ2n) is 1.87. The van der Waals surface area contributed by atoms with Crippen molar-refractivity contribution in [2.75, 3.05) is 0 Å². The maximum Gasteiger partial charge on any atom is 0.177 e. The lowest BCUT2D eigenvalue weighted by Crippen LogP contribution is -2.34. The Hall–Kier alpha value is -0.410. The second-order valence-corrected chi connectivity index (χ2v) is 1.87. The van der Waals surface area contributed by atoms with Crippen molar-refractivity contribution < 1.29 is 9.90 Å². The van der Waals surface area contributed by atoms with E-state index in [4.69, 9.17) is 10.8 Å². The van der Waals surface area contributed by atoms with E-state index in [1.807, 2.05) is 0 Å². The van der Waals surface area contributed by atoms with E-state index in [0.717, 1.165) is 0 Å². The molecule has 0 amide bonds. The first kappa shape index (κ1) is 7.59. The molecule has 3 nitrogen and oxygen atoms in total. The Bertz CT molecular complexity index is 78.4. The maximum absolute atomic E-state index is 10.5. The maximum atomic E-state index is 10.5. The normalized spacial score (nSPS) is 17.5. The summed E-state index contributed by atoms with van der Waals surface area (Å²) >= 11 is 0. The smallest absolute Gasteiger partial charge is 0.177 e. The van der Waals surface area contributed by atoms with Crippen LogP contribution in [0.25, 0.3) is 0 Å². The number of aliphatic hydroxyl groups excluding tert-OH is 1. The molecule has 0 aliphatic rings. The first-order valence-corrected chi connectivity index (χ1v) is 2.53. The van der Waals surface area contributed by atoms with E-state index in [1.54, 1.807) is 6.92 Å². The van der Waals surface area contributed by atoms with E-state index >= 15 is 0 Å². The quantitative estimate of drug-likeness (QED) is 0.502. The van der Waals surface area contributed by atoms with Crippen LogP contribution in [0.5, 0.6) is 0 Å². The van der Waals surface area contributed by atoms with Crippen molar-refractivity contribution in [1.82, 2.24) is 0 Å². The van der Waals surface area contributed by atoms with Crippen molar-refractivity contribution >= 4 is 5.78 Å². The highest BCUT2D eigenvalue weighted by atomic mass is 16.3. The molecule has 0 aromatic heterocycles. The van der Waals surface area contributed by atoms with E-state index < -0.39 is 12.1 Å². The van der Waals surface area contributed by atoms with Gasteiger partial charge in [0.25, 0.3) is 0 Å². The van der Waals surface area contributed by atoms with Crippen molar-refractivity contribution in [3.05, 3.63) is 0 Å².